The Bertz CT molecular complexity index is 3620. The molecule has 0 saturated carbocycles. The quantitative estimate of drug-likeness (QED) is 0.0686. The second-order valence-corrected chi connectivity index (χ2v) is 18.3. The van der Waals surface area contributed by atoms with Crippen LogP contribution in [0, 0.1) is 6.92 Å². The number of hydrogen-bond donors (Lipinski definition) is 13. The predicted molar refractivity (Wildman–Crippen MR) is 246 cm³/mol. The molecule has 10 rings (SSSR count). The summed E-state index contributed by atoms with van der Waals surface area (Å²) in [6.07, 6.45) is -12.1. The van der Waals surface area contributed by atoms with E-state index in [0.717, 1.165) is 18.9 Å². The third kappa shape index (κ3) is 7.39. The van der Waals surface area contributed by atoms with Gasteiger partial charge in [0, 0.05) is 44.0 Å². The number of benzene rings is 5. The van der Waals surface area contributed by atoms with Crippen LogP contribution in [0.5, 0.6) is 74.7 Å². The molecule has 13 N–H and O–H groups in total. The van der Waals surface area contributed by atoms with Gasteiger partial charge in [-0.3, -0.25) is 0 Å². The predicted octanol–water partition coefficient (Wildman–Crippen LogP) is 3.32. The standard InChI is InChI=1S/C48H35NO26S/c1-11-3-16-29-41(76-10-17(49(11)29)46(67)69-2)28-27(30(16)55)26-15(8-22(54)34(59)37(26)62)44(65)72-38-23-9-70-43(64)13-6-20(52)32(57)35(60)24(13)25-14(7-21(53)33(58)36(25)61)45(66)75-48(71-23)40(74-47(28)68)39(38)73-42(63)12-4-18(50)31(56)19(51)5-12/h3-8,17,23,38-40,48,50-62H,9-10H2,1-2H3/t17-,23+,38+,39-,40+,48-/m0/s1. The van der Waals surface area contributed by atoms with Crippen LogP contribution in [0.15, 0.2) is 41.3 Å². The fourth-order valence-electron chi connectivity index (χ4n) is 9.45. The molecule has 4 aliphatic heterocycles. The number of cyclic esters (lactones) is 1. The van der Waals surface area contributed by atoms with Gasteiger partial charge in [0.05, 0.1) is 40.4 Å². The zero-order valence-electron chi connectivity index (χ0n) is 38.3. The lowest BCUT2D eigenvalue weighted by atomic mass is 9.91. The molecular weight excluding hydrogens is 1040 g/mol. The van der Waals surface area contributed by atoms with E-state index in [-0.39, 0.29) is 27.2 Å². The maximum Gasteiger partial charge on any atom is 0.341 e. The number of carbonyl (C=O) groups excluding carboxylic acids is 6. The molecule has 0 unspecified atom stereocenters. The van der Waals surface area contributed by atoms with Gasteiger partial charge in [-0.25, -0.2) is 28.8 Å². The Hall–Kier alpha value is -9.83. The van der Waals surface area contributed by atoms with Gasteiger partial charge in [0.2, 0.25) is 29.6 Å². The monoisotopic (exact) mass is 1070 g/mol. The maximum atomic E-state index is 15.5. The Kier molecular flexibility index (Phi) is 11.6. The summed E-state index contributed by atoms with van der Waals surface area (Å²) in [6, 6.07) is 2.85. The van der Waals surface area contributed by atoms with Crippen LogP contribution < -0.4 is 0 Å². The van der Waals surface area contributed by atoms with E-state index in [1.165, 1.54) is 17.6 Å². The summed E-state index contributed by atoms with van der Waals surface area (Å²) in [5, 5.41) is 142. The lowest BCUT2D eigenvalue weighted by Crippen LogP contribution is -2.63. The second-order valence-electron chi connectivity index (χ2n) is 17.3. The Balaban J connectivity index is 1.26. The van der Waals surface area contributed by atoms with E-state index in [9.17, 15) is 90.4 Å². The minimum absolute atomic E-state index is 0.0480. The van der Waals surface area contributed by atoms with Crippen LogP contribution in [0.3, 0.4) is 0 Å². The first-order chi connectivity index (χ1) is 35.9. The number of ether oxygens (including phenoxy) is 7. The van der Waals surface area contributed by atoms with Crippen molar-refractivity contribution in [3.63, 3.8) is 0 Å². The van der Waals surface area contributed by atoms with Crippen molar-refractivity contribution in [2.24, 2.45) is 0 Å². The highest BCUT2D eigenvalue weighted by molar-refractivity contribution is 7.99. The molecule has 76 heavy (non-hydrogen) atoms. The Morgan fingerprint density at radius 1 is 0.579 bits per heavy atom. The van der Waals surface area contributed by atoms with E-state index in [1.54, 1.807) is 0 Å². The van der Waals surface area contributed by atoms with Crippen LogP contribution in [0.2, 0.25) is 0 Å². The van der Waals surface area contributed by atoms with Gasteiger partial charge in [0.25, 0.3) is 0 Å². The normalized spacial score (nSPS) is 20.8. The van der Waals surface area contributed by atoms with Crippen LogP contribution >= 0.6 is 11.8 Å². The van der Waals surface area contributed by atoms with E-state index in [4.69, 9.17) is 33.2 Å². The molecular formula is C48H35NO26S. The van der Waals surface area contributed by atoms with Crippen LogP contribution in [0.25, 0.3) is 33.2 Å². The van der Waals surface area contributed by atoms with Crippen molar-refractivity contribution in [3.8, 4) is 97.0 Å². The topological polar surface area (TPSA) is 435 Å². The number of phenolic OH excluding ortho intramolecular Hbond substituents is 13. The molecule has 28 heteroatoms. The minimum atomic E-state index is -2.58. The molecule has 394 valence electrons. The molecule has 1 aromatic heterocycles. The molecule has 6 aromatic rings. The van der Waals surface area contributed by atoms with Crippen LogP contribution in [0.4, 0.5) is 0 Å². The molecule has 1 fully saturated rings. The van der Waals surface area contributed by atoms with Gasteiger partial charge in [-0.05, 0) is 43.3 Å². The van der Waals surface area contributed by atoms with Crippen LogP contribution in [0.1, 0.15) is 63.5 Å². The highest BCUT2D eigenvalue weighted by atomic mass is 32.2. The SMILES string of the molecule is COC(=O)[C@@H]1CSc2c3c(c(O)c4cc(C)n1c24)-c1c(cc(O)c(O)c1O)C(=O)O[C@H]1[C@H](OC(=O)c2cc(O)c(O)c(O)c2)[C@@H](OC3=O)[C@@H]2OC(=O)c3cc(O)c(O)c(O)c3-c3c(cc(O)c(O)c3O)C(=O)OC[C@H]1O2. The number of aromatic nitrogens is 1. The number of aryl methyl sites for hydroxylation is 1. The lowest BCUT2D eigenvalue weighted by molar-refractivity contribution is -0.282. The van der Waals surface area contributed by atoms with Crippen molar-refractivity contribution >= 4 is 58.5 Å². The summed E-state index contributed by atoms with van der Waals surface area (Å²) in [4.78, 5) is 86.6. The van der Waals surface area contributed by atoms with Crippen molar-refractivity contribution in [2.75, 3.05) is 19.5 Å². The van der Waals surface area contributed by atoms with E-state index in [0.29, 0.717) is 30.3 Å². The zero-order chi connectivity index (χ0) is 54.8. The molecule has 5 heterocycles. The molecule has 0 radical (unpaired) electrons. The highest BCUT2D eigenvalue weighted by Gasteiger charge is 2.56. The molecule has 0 aliphatic carbocycles. The summed E-state index contributed by atoms with van der Waals surface area (Å²) in [5.74, 6) is -25.6. The number of thioether (sulfide) groups is 1. The molecule has 4 bridgehead atoms. The van der Waals surface area contributed by atoms with Crippen LogP contribution in [-0.2, 0) is 38.0 Å². The minimum Gasteiger partial charge on any atom is -0.507 e. The largest absolute Gasteiger partial charge is 0.507 e. The Morgan fingerprint density at radius 2 is 1.08 bits per heavy atom. The summed E-state index contributed by atoms with van der Waals surface area (Å²) in [7, 11) is 1.11. The van der Waals surface area contributed by atoms with Gasteiger partial charge < -0.3 is 104 Å². The number of esters is 6. The molecule has 27 nitrogen and oxygen atoms in total. The van der Waals surface area contributed by atoms with E-state index >= 15 is 4.79 Å². The maximum absolute atomic E-state index is 15.5. The number of nitrogens with zero attached hydrogens (tertiary/aromatic N) is 1. The van der Waals surface area contributed by atoms with Gasteiger partial charge in [0.1, 0.15) is 24.5 Å². The lowest BCUT2D eigenvalue weighted by Gasteiger charge is -2.44. The number of methoxy groups -OCH3 is 1. The summed E-state index contributed by atoms with van der Waals surface area (Å²) in [6.45, 7) is 0.249. The smallest absolute Gasteiger partial charge is 0.341 e. The van der Waals surface area contributed by atoms with E-state index < -0.39 is 204 Å². The van der Waals surface area contributed by atoms with Crippen molar-refractivity contribution in [1.29, 1.82) is 0 Å². The Morgan fingerprint density at radius 3 is 1.63 bits per heavy atom. The van der Waals surface area contributed by atoms with Crippen LogP contribution in [-0.4, -0.2) is 157 Å². The van der Waals surface area contributed by atoms with Crippen molar-refractivity contribution in [2.45, 2.75) is 48.6 Å². The third-order valence-corrected chi connectivity index (χ3v) is 14.1. The van der Waals surface area contributed by atoms with Crippen molar-refractivity contribution < 1.29 is 128 Å². The fourth-order valence-corrected chi connectivity index (χ4v) is 10.7. The van der Waals surface area contributed by atoms with E-state index in [1.807, 2.05) is 0 Å². The van der Waals surface area contributed by atoms with Crippen molar-refractivity contribution in [1.82, 2.24) is 4.57 Å². The molecule has 4 aliphatic rings. The van der Waals surface area contributed by atoms with Gasteiger partial charge in [-0.2, -0.15) is 0 Å². The molecule has 0 spiro atoms. The third-order valence-electron chi connectivity index (χ3n) is 12.9. The number of fused-ring (bicyclic) bond motifs is 13. The summed E-state index contributed by atoms with van der Waals surface area (Å²) >= 11 is 0.776. The first kappa shape index (κ1) is 49.7. The highest BCUT2D eigenvalue weighted by Crippen LogP contribution is 2.57. The van der Waals surface area contributed by atoms with Gasteiger partial charge >= 0.3 is 35.8 Å². The summed E-state index contributed by atoms with van der Waals surface area (Å²) < 4.78 is 41.5. The fraction of sp³-hybridized carbons (Fsp3) is 0.208. The number of carbonyl (C=O) groups is 6. The van der Waals surface area contributed by atoms with Gasteiger partial charge in [0.15, 0.2) is 64.0 Å². The number of hydrogen-bond acceptors (Lipinski definition) is 27. The van der Waals surface area contributed by atoms with Crippen molar-refractivity contribution in [3.05, 3.63) is 69.9 Å². The molecule has 6 atom stereocenters. The number of aromatic hydroxyl groups is 13. The van der Waals surface area contributed by atoms with Gasteiger partial charge in [-0.1, -0.05) is 0 Å². The zero-order valence-corrected chi connectivity index (χ0v) is 39.1. The number of phenols is 13. The average Bonchev–Trinajstić information content (AvgIpc) is 3.81. The molecule has 1 saturated heterocycles. The molecule has 0 amide bonds. The Labute approximate surface area is 425 Å². The van der Waals surface area contributed by atoms with E-state index in [2.05, 4.69) is 0 Å². The first-order valence-corrected chi connectivity index (χ1v) is 22.8. The summed E-state index contributed by atoms with van der Waals surface area (Å²) in [5.41, 5.74) is -8.28. The van der Waals surface area contributed by atoms with Gasteiger partial charge in [-0.15, -0.1) is 11.8 Å². The first-order valence-electron chi connectivity index (χ1n) is 21.8. The average molecular weight is 1070 g/mol. The number of rotatable bonds is 3. The second kappa shape index (κ2) is 17.7. The molecule has 5 aromatic carbocycles.